The molecule has 0 bridgehead atoms. The number of aliphatic hydroxyl groups excluding tert-OH is 1. The molecule has 0 saturated heterocycles. The van der Waals surface area contributed by atoms with Crippen LogP contribution in [-0.4, -0.2) is 12.2 Å². The second-order valence-corrected chi connectivity index (χ2v) is 5.36. The molecule has 1 atom stereocenters. The number of ether oxygens (including phenoxy) is 1. The highest BCUT2D eigenvalue weighted by Crippen LogP contribution is 2.36. The Hall–Kier alpha value is -0.860. The summed E-state index contributed by atoms with van der Waals surface area (Å²) in [5, 5.41) is 9.90. The van der Waals surface area contributed by atoms with E-state index in [0.29, 0.717) is 12.5 Å². The Morgan fingerprint density at radius 1 is 1.28 bits per heavy atom. The predicted octanol–water partition coefficient (Wildman–Crippen LogP) is 3.93. The molecular weight excluding hydrogens is 224 g/mol. The topological polar surface area (TPSA) is 29.5 Å². The van der Waals surface area contributed by atoms with Crippen LogP contribution in [0.2, 0.25) is 0 Å². The lowest BCUT2D eigenvalue weighted by Crippen LogP contribution is -2.11. The Balaban J connectivity index is 2.35. The third-order valence-corrected chi connectivity index (χ3v) is 4.03. The molecule has 0 spiro atoms. The predicted molar refractivity (Wildman–Crippen MR) is 73.6 cm³/mol. The summed E-state index contributed by atoms with van der Waals surface area (Å²) in [5.74, 6) is 0.655. The zero-order valence-corrected chi connectivity index (χ0v) is 11.5. The summed E-state index contributed by atoms with van der Waals surface area (Å²) >= 11 is 0. The smallest absolute Gasteiger partial charge is 0.0765 e. The molecular formula is C16H24O2. The normalized spacial score (nSPS) is 18.8. The number of methoxy groups -OCH3 is 1. The van der Waals surface area contributed by atoms with E-state index in [0.717, 1.165) is 5.56 Å². The van der Waals surface area contributed by atoms with Gasteiger partial charge in [0.15, 0.2) is 0 Å². The quantitative estimate of drug-likeness (QED) is 0.874. The van der Waals surface area contributed by atoms with Gasteiger partial charge in [0, 0.05) is 7.11 Å². The van der Waals surface area contributed by atoms with E-state index in [4.69, 9.17) is 4.74 Å². The van der Waals surface area contributed by atoms with Gasteiger partial charge in [0.1, 0.15) is 0 Å². The minimum absolute atomic E-state index is 0.418. The Bertz CT molecular complexity index is 379. The van der Waals surface area contributed by atoms with Gasteiger partial charge in [-0.1, -0.05) is 37.5 Å². The molecule has 1 unspecified atom stereocenters. The van der Waals surface area contributed by atoms with Crippen LogP contribution in [0, 0.1) is 0 Å². The van der Waals surface area contributed by atoms with Crippen molar-refractivity contribution in [3.05, 3.63) is 34.9 Å². The van der Waals surface area contributed by atoms with Gasteiger partial charge in [-0.05, 0) is 42.4 Å². The fraction of sp³-hybridized carbons (Fsp3) is 0.625. The number of rotatable bonds is 4. The van der Waals surface area contributed by atoms with Crippen molar-refractivity contribution in [2.24, 2.45) is 0 Å². The lowest BCUT2D eigenvalue weighted by molar-refractivity contribution is 0.169. The fourth-order valence-corrected chi connectivity index (χ4v) is 3.12. The van der Waals surface area contributed by atoms with Crippen molar-refractivity contribution in [2.75, 3.05) is 7.11 Å². The highest BCUT2D eigenvalue weighted by molar-refractivity contribution is 5.38. The van der Waals surface area contributed by atoms with Crippen LogP contribution in [0.25, 0.3) is 0 Å². The molecule has 1 aliphatic rings. The molecule has 0 radical (unpaired) electrons. The van der Waals surface area contributed by atoms with Crippen LogP contribution in [0.15, 0.2) is 18.2 Å². The van der Waals surface area contributed by atoms with Crippen LogP contribution >= 0.6 is 0 Å². The molecule has 0 aromatic heterocycles. The Kier molecular flexibility index (Phi) is 4.79. The second kappa shape index (κ2) is 6.35. The summed E-state index contributed by atoms with van der Waals surface area (Å²) in [4.78, 5) is 0. The first-order valence-electron chi connectivity index (χ1n) is 7.02. The largest absolute Gasteiger partial charge is 0.389 e. The summed E-state index contributed by atoms with van der Waals surface area (Å²) in [5.41, 5.74) is 3.64. The van der Waals surface area contributed by atoms with Gasteiger partial charge < -0.3 is 9.84 Å². The van der Waals surface area contributed by atoms with Gasteiger partial charge in [-0.3, -0.25) is 0 Å². The average molecular weight is 248 g/mol. The first-order valence-corrected chi connectivity index (χ1v) is 7.02. The fourth-order valence-electron chi connectivity index (χ4n) is 3.12. The molecule has 0 amide bonds. The Morgan fingerprint density at radius 2 is 2.00 bits per heavy atom. The number of hydrogen-bond donors (Lipinski definition) is 1. The highest BCUT2D eigenvalue weighted by Gasteiger charge is 2.21. The Labute approximate surface area is 110 Å². The third-order valence-electron chi connectivity index (χ3n) is 4.03. The van der Waals surface area contributed by atoms with E-state index in [1.165, 1.54) is 43.2 Å². The van der Waals surface area contributed by atoms with E-state index in [-0.39, 0.29) is 0 Å². The van der Waals surface area contributed by atoms with Crippen LogP contribution in [0.4, 0.5) is 0 Å². The van der Waals surface area contributed by atoms with Gasteiger partial charge >= 0.3 is 0 Å². The van der Waals surface area contributed by atoms with E-state index in [1.54, 1.807) is 7.11 Å². The van der Waals surface area contributed by atoms with Crippen molar-refractivity contribution in [1.29, 1.82) is 0 Å². The van der Waals surface area contributed by atoms with E-state index in [1.807, 2.05) is 13.0 Å². The van der Waals surface area contributed by atoms with E-state index >= 15 is 0 Å². The van der Waals surface area contributed by atoms with Crippen molar-refractivity contribution in [3.8, 4) is 0 Å². The van der Waals surface area contributed by atoms with E-state index < -0.39 is 6.10 Å². The molecule has 2 heteroatoms. The SMILES string of the molecule is COCc1c(C(C)O)cccc1C1CCCCC1. The maximum absolute atomic E-state index is 9.90. The zero-order chi connectivity index (χ0) is 13.0. The van der Waals surface area contributed by atoms with Gasteiger partial charge in [-0.25, -0.2) is 0 Å². The van der Waals surface area contributed by atoms with Crippen LogP contribution in [0.5, 0.6) is 0 Å². The first-order chi connectivity index (χ1) is 8.74. The van der Waals surface area contributed by atoms with Crippen LogP contribution in [-0.2, 0) is 11.3 Å². The molecule has 1 fully saturated rings. The first kappa shape index (κ1) is 13.6. The van der Waals surface area contributed by atoms with E-state index in [9.17, 15) is 5.11 Å². The minimum Gasteiger partial charge on any atom is -0.389 e. The molecule has 2 rings (SSSR count). The molecule has 1 aliphatic carbocycles. The summed E-state index contributed by atoms with van der Waals surface area (Å²) in [6.45, 7) is 2.44. The van der Waals surface area contributed by atoms with Crippen LogP contribution in [0.3, 0.4) is 0 Å². The summed E-state index contributed by atoms with van der Waals surface area (Å²) < 4.78 is 5.34. The molecule has 2 nitrogen and oxygen atoms in total. The summed E-state index contributed by atoms with van der Waals surface area (Å²) in [7, 11) is 1.73. The van der Waals surface area contributed by atoms with E-state index in [2.05, 4.69) is 12.1 Å². The molecule has 1 aromatic carbocycles. The van der Waals surface area contributed by atoms with Gasteiger partial charge in [0.25, 0.3) is 0 Å². The molecule has 1 saturated carbocycles. The maximum Gasteiger partial charge on any atom is 0.0765 e. The molecule has 100 valence electrons. The Morgan fingerprint density at radius 3 is 2.61 bits per heavy atom. The minimum atomic E-state index is -0.418. The maximum atomic E-state index is 9.90. The van der Waals surface area contributed by atoms with Crippen LogP contribution in [0.1, 0.15) is 67.7 Å². The van der Waals surface area contributed by atoms with Gasteiger partial charge in [-0.15, -0.1) is 0 Å². The van der Waals surface area contributed by atoms with Gasteiger partial charge in [0.05, 0.1) is 12.7 Å². The summed E-state index contributed by atoms with van der Waals surface area (Å²) in [6.07, 6.45) is 6.16. The third kappa shape index (κ3) is 2.93. The van der Waals surface area contributed by atoms with Crippen molar-refractivity contribution < 1.29 is 9.84 Å². The zero-order valence-electron chi connectivity index (χ0n) is 11.5. The molecule has 1 aromatic rings. The molecule has 0 aliphatic heterocycles. The van der Waals surface area contributed by atoms with Crippen LogP contribution < -0.4 is 0 Å². The lowest BCUT2D eigenvalue weighted by Gasteiger charge is -2.26. The van der Waals surface area contributed by atoms with Crippen molar-refractivity contribution in [3.63, 3.8) is 0 Å². The second-order valence-electron chi connectivity index (χ2n) is 5.36. The van der Waals surface area contributed by atoms with Gasteiger partial charge in [0.2, 0.25) is 0 Å². The molecule has 18 heavy (non-hydrogen) atoms. The highest BCUT2D eigenvalue weighted by atomic mass is 16.5. The van der Waals surface area contributed by atoms with Gasteiger partial charge in [-0.2, -0.15) is 0 Å². The average Bonchev–Trinajstić information content (AvgIpc) is 2.40. The molecule has 0 heterocycles. The van der Waals surface area contributed by atoms with Crippen molar-refractivity contribution in [1.82, 2.24) is 0 Å². The number of hydrogen-bond acceptors (Lipinski definition) is 2. The number of benzene rings is 1. The molecule has 1 N–H and O–H groups in total. The summed E-state index contributed by atoms with van der Waals surface area (Å²) in [6, 6.07) is 6.31. The van der Waals surface area contributed by atoms with Crippen molar-refractivity contribution >= 4 is 0 Å². The monoisotopic (exact) mass is 248 g/mol. The van der Waals surface area contributed by atoms with Crippen molar-refractivity contribution in [2.45, 2.75) is 57.7 Å². The number of aliphatic hydroxyl groups is 1. The lowest BCUT2D eigenvalue weighted by atomic mass is 9.80. The standard InChI is InChI=1S/C16H24O2/c1-12(17)14-9-6-10-15(16(14)11-18-2)13-7-4-3-5-8-13/h6,9-10,12-13,17H,3-5,7-8,11H2,1-2H3.